The fraction of sp³-hybridized carbons (Fsp3) is 0.400. The normalized spacial score (nSPS) is 22.9. The number of nitrogens with zero attached hydrogens (tertiary/aromatic N) is 2. The Kier molecular flexibility index (Phi) is 1.24. The van der Waals surface area contributed by atoms with Crippen molar-refractivity contribution in [1.82, 2.24) is 20.5 Å². The number of hydrogen-bond acceptors (Lipinski definition) is 4. The van der Waals surface area contributed by atoms with Crippen molar-refractivity contribution in [2.75, 3.05) is 6.54 Å². The Balaban J connectivity index is 2.13. The number of alkyl carbamates (subject to hydrolysis) is 1. The van der Waals surface area contributed by atoms with Crippen LogP contribution in [-0.2, 0) is 4.74 Å². The molecule has 58 valence electrons. The zero-order valence-electron chi connectivity index (χ0n) is 5.57. The number of carbonyl (C=O) groups excluding carboxylic acids is 1. The van der Waals surface area contributed by atoms with Gasteiger partial charge in [-0.05, 0) is 0 Å². The second-order valence-corrected chi connectivity index (χ2v) is 2.15. The molecule has 2 heterocycles. The van der Waals surface area contributed by atoms with Crippen LogP contribution in [0.25, 0.3) is 0 Å². The van der Waals surface area contributed by atoms with Crippen LogP contribution in [0.3, 0.4) is 0 Å². The molecule has 1 atom stereocenters. The molecule has 1 aliphatic heterocycles. The highest BCUT2D eigenvalue weighted by Gasteiger charge is 2.25. The van der Waals surface area contributed by atoms with Crippen molar-refractivity contribution in [3.8, 4) is 0 Å². The number of H-pyrrole nitrogens is 1. The molecule has 1 amide bonds. The third-order valence-electron chi connectivity index (χ3n) is 1.42. The summed E-state index contributed by atoms with van der Waals surface area (Å²) >= 11 is 0. The van der Waals surface area contributed by atoms with Crippen molar-refractivity contribution in [3.63, 3.8) is 0 Å². The largest absolute Gasteiger partial charge is 0.436 e. The third kappa shape index (κ3) is 1.02. The van der Waals surface area contributed by atoms with Crippen LogP contribution in [0.1, 0.15) is 11.9 Å². The van der Waals surface area contributed by atoms with Gasteiger partial charge in [-0.15, -0.1) is 0 Å². The maximum atomic E-state index is 10.6. The maximum Gasteiger partial charge on any atom is 0.408 e. The van der Waals surface area contributed by atoms with Gasteiger partial charge in [0.2, 0.25) is 0 Å². The van der Waals surface area contributed by atoms with Crippen molar-refractivity contribution in [2.24, 2.45) is 0 Å². The molecule has 1 unspecified atom stereocenters. The van der Waals surface area contributed by atoms with Crippen molar-refractivity contribution in [1.29, 1.82) is 0 Å². The summed E-state index contributed by atoms with van der Waals surface area (Å²) in [6.07, 6.45) is 0.651. The van der Waals surface area contributed by atoms with Crippen LogP contribution in [0.15, 0.2) is 6.33 Å². The Morgan fingerprint density at radius 2 is 2.64 bits per heavy atom. The smallest absolute Gasteiger partial charge is 0.408 e. The molecule has 6 nitrogen and oxygen atoms in total. The number of amides is 1. The van der Waals surface area contributed by atoms with Gasteiger partial charge in [-0.25, -0.2) is 9.78 Å². The molecule has 0 spiro atoms. The van der Waals surface area contributed by atoms with E-state index in [-0.39, 0.29) is 6.10 Å². The molecular weight excluding hydrogens is 148 g/mol. The summed E-state index contributed by atoms with van der Waals surface area (Å²) < 4.78 is 4.82. The Bertz CT molecular complexity index is 257. The molecule has 0 saturated carbocycles. The molecule has 1 fully saturated rings. The van der Waals surface area contributed by atoms with E-state index < -0.39 is 6.09 Å². The van der Waals surface area contributed by atoms with Crippen LogP contribution < -0.4 is 5.32 Å². The molecule has 6 heteroatoms. The van der Waals surface area contributed by atoms with E-state index in [4.69, 9.17) is 4.74 Å². The first-order valence-corrected chi connectivity index (χ1v) is 3.16. The van der Waals surface area contributed by atoms with E-state index >= 15 is 0 Å². The summed E-state index contributed by atoms with van der Waals surface area (Å²) in [5.74, 6) is 0.573. The zero-order chi connectivity index (χ0) is 7.68. The highest BCUT2D eigenvalue weighted by atomic mass is 16.6. The van der Waals surface area contributed by atoms with Gasteiger partial charge in [-0.1, -0.05) is 0 Å². The summed E-state index contributed by atoms with van der Waals surface area (Å²) in [4.78, 5) is 14.4. The standard InChI is InChI=1S/C5H6N4O2/c10-5-6-1-3(11-5)4-7-2-8-9-4/h2-3H,1H2,(H,6,10)(H,7,8,9). The van der Waals surface area contributed by atoms with Crippen molar-refractivity contribution >= 4 is 6.09 Å². The Hall–Kier alpha value is -1.59. The SMILES string of the molecule is O=C1NCC(c2ncn[nH]2)O1. The van der Waals surface area contributed by atoms with Gasteiger partial charge in [0.25, 0.3) is 0 Å². The fourth-order valence-electron chi connectivity index (χ4n) is 0.911. The van der Waals surface area contributed by atoms with Crippen LogP contribution in [-0.4, -0.2) is 27.8 Å². The summed E-state index contributed by atoms with van der Waals surface area (Å²) in [7, 11) is 0. The van der Waals surface area contributed by atoms with Gasteiger partial charge >= 0.3 is 6.09 Å². The average molecular weight is 154 g/mol. The van der Waals surface area contributed by atoms with Gasteiger partial charge in [0.05, 0.1) is 6.54 Å². The Labute approximate surface area is 62.0 Å². The Morgan fingerprint density at radius 1 is 1.73 bits per heavy atom. The van der Waals surface area contributed by atoms with Crippen molar-refractivity contribution in [2.45, 2.75) is 6.10 Å². The van der Waals surface area contributed by atoms with Crippen LogP contribution in [0, 0.1) is 0 Å². The van der Waals surface area contributed by atoms with Gasteiger partial charge in [0.1, 0.15) is 6.33 Å². The molecular formula is C5H6N4O2. The number of carbonyl (C=O) groups is 1. The molecule has 1 aliphatic rings. The van der Waals surface area contributed by atoms with Crippen LogP contribution >= 0.6 is 0 Å². The van der Waals surface area contributed by atoms with E-state index in [0.717, 1.165) is 0 Å². The number of hydrogen-bond donors (Lipinski definition) is 2. The predicted molar refractivity (Wildman–Crippen MR) is 33.6 cm³/mol. The molecule has 1 aromatic rings. The second-order valence-electron chi connectivity index (χ2n) is 2.15. The zero-order valence-corrected chi connectivity index (χ0v) is 5.57. The molecule has 2 N–H and O–H groups in total. The topological polar surface area (TPSA) is 79.9 Å². The summed E-state index contributed by atoms with van der Waals surface area (Å²) in [5.41, 5.74) is 0. The van der Waals surface area contributed by atoms with E-state index in [1.165, 1.54) is 6.33 Å². The highest BCUT2D eigenvalue weighted by Crippen LogP contribution is 2.15. The lowest BCUT2D eigenvalue weighted by Crippen LogP contribution is -2.12. The number of aromatic nitrogens is 3. The van der Waals surface area contributed by atoms with Crippen molar-refractivity contribution in [3.05, 3.63) is 12.2 Å². The minimum atomic E-state index is -0.411. The van der Waals surface area contributed by atoms with Gasteiger partial charge < -0.3 is 10.1 Å². The van der Waals surface area contributed by atoms with Gasteiger partial charge in [-0.3, -0.25) is 5.10 Å². The monoisotopic (exact) mass is 154 g/mol. The first-order valence-electron chi connectivity index (χ1n) is 3.16. The maximum absolute atomic E-state index is 10.6. The summed E-state index contributed by atoms with van der Waals surface area (Å²) in [6, 6.07) is 0. The minimum Gasteiger partial charge on any atom is -0.436 e. The molecule has 0 bridgehead atoms. The summed E-state index contributed by atoms with van der Waals surface area (Å²) in [5, 5.41) is 8.77. The number of ether oxygens (including phenoxy) is 1. The average Bonchev–Trinajstić information content (AvgIpc) is 2.55. The number of nitrogens with one attached hydrogen (secondary N) is 2. The summed E-state index contributed by atoms with van der Waals surface area (Å²) in [6.45, 7) is 0.452. The molecule has 1 saturated heterocycles. The molecule has 0 aliphatic carbocycles. The molecule has 0 aromatic carbocycles. The quantitative estimate of drug-likeness (QED) is 0.576. The van der Waals surface area contributed by atoms with Gasteiger partial charge in [0, 0.05) is 0 Å². The van der Waals surface area contributed by atoms with E-state index in [9.17, 15) is 4.79 Å². The van der Waals surface area contributed by atoms with Crippen molar-refractivity contribution < 1.29 is 9.53 Å². The Morgan fingerprint density at radius 3 is 3.18 bits per heavy atom. The van der Waals surface area contributed by atoms with Gasteiger partial charge in [-0.2, -0.15) is 5.10 Å². The van der Waals surface area contributed by atoms with Crippen LogP contribution in [0.4, 0.5) is 4.79 Å². The number of aromatic amines is 1. The molecule has 11 heavy (non-hydrogen) atoms. The molecule has 1 aromatic heterocycles. The predicted octanol–water partition coefficient (Wildman–Crippen LogP) is -0.414. The van der Waals surface area contributed by atoms with E-state index in [1.54, 1.807) is 0 Å². The van der Waals surface area contributed by atoms with Crippen LogP contribution in [0.5, 0.6) is 0 Å². The molecule has 2 rings (SSSR count). The first kappa shape index (κ1) is 6.14. The highest BCUT2D eigenvalue weighted by molar-refractivity contribution is 5.69. The number of rotatable bonds is 1. The van der Waals surface area contributed by atoms with Gasteiger partial charge in [0.15, 0.2) is 11.9 Å². The van der Waals surface area contributed by atoms with E-state index in [1.807, 2.05) is 0 Å². The van der Waals surface area contributed by atoms with E-state index in [0.29, 0.717) is 12.4 Å². The molecule has 0 radical (unpaired) electrons. The van der Waals surface area contributed by atoms with Crippen LogP contribution in [0.2, 0.25) is 0 Å². The lowest BCUT2D eigenvalue weighted by atomic mass is 10.3. The first-order chi connectivity index (χ1) is 5.36. The number of cyclic esters (lactones) is 1. The fourth-order valence-corrected chi connectivity index (χ4v) is 0.911. The van der Waals surface area contributed by atoms with E-state index in [2.05, 4.69) is 20.5 Å². The second kappa shape index (κ2) is 2.22. The minimum absolute atomic E-state index is 0.315. The lowest BCUT2D eigenvalue weighted by Gasteiger charge is -2.00. The lowest BCUT2D eigenvalue weighted by molar-refractivity contribution is 0.137. The third-order valence-corrected chi connectivity index (χ3v) is 1.42.